The third-order valence-electron chi connectivity index (χ3n) is 3.95. The zero-order valence-electron chi connectivity index (χ0n) is 12.2. The number of ether oxygens (including phenoxy) is 1. The van der Waals surface area contributed by atoms with E-state index in [9.17, 15) is 8.42 Å². The smallest absolute Gasteiger partial charge is 0.282 e. The first-order chi connectivity index (χ1) is 10.6. The Kier molecular flexibility index (Phi) is 4.84. The third-order valence-corrected chi connectivity index (χ3v) is 6.28. The first-order valence-corrected chi connectivity index (χ1v) is 9.04. The van der Waals surface area contributed by atoms with E-state index >= 15 is 0 Å². The predicted molar refractivity (Wildman–Crippen MR) is 84.3 cm³/mol. The number of rotatable bonds is 3. The highest BCUT2D eigenvalue weighted by Crippen LogP contribution is 2.26. The van der Waals surface area contributed by atoms with Gasteiger partial charge >= 0.3 is 0 Å². The molecule has 0 aliphatic carbocycles. The number of pyridine rings is 1. The van der Waals surface area contributed by atoms with Gasteiger partial charge in [-0.05, 0) is 6.07 Å². The average molecular weight is 347 g/mol. The summed E-state index contributed by atoms with van der Waals surface area (Å²) in [6, 6.07) is 1.86. The summed E-state index contributed by atoms with van der Waals surface area (Å²) in [6.07, 6.45) is 3.30. The van der Waals surface area contributed by atoms with Crippen LogP contribution in [0.15, 0.2) is 18.5 Å². The van der Waals surface area contributed by atoms with E-state index in [0.29, 0.717) is 57.5 Å². The average Bonchev–Trinajstić information content (AvgIpc) is 2.56. The number of aromatic nitrogens is 1. The van der Waals surface area contributed by atoms with Crippen LogP contribution in [0.25, 0.3) is 0 Å². The molecule has 1 aromatic rings. The summed E-state index contributed by atoms with van der Waals surface area (Å²) < 4.78 is 33.5. The first kappa shape index (κ1) is 15.9. The highest BCUT2D eigenvalue weighted by Gasteiger charge is 2.33. The Morgan fingerprint density at radius 3 is 2.32 bits per heavy atom. The summed E-state index contributed by atoms with van der Waals surface area (Å²) in [5.74, 6) is 0. The predicted octanol–water partition coefficient (Wildman–Crippen LogP) is 0.434. The van der Waals surface area contributed by atoms with Crippen molar-refractivity contribution in [2.75, 3.05) is 57.4 Å². The number of nitrogens with zero attached hydrogens (tertiary/aromatic N) is 4. The van der Waals surface area contributed by atoms with Gasteiger partial charge in [-0.15, -0.1) is 0 Å². The molecular weight excluding hydrogens is 328 g/mol. The van der Waals surface area contributed by atoms with Crippen LogP contribution < -0.4 is 4.90 Å². The Hall–Kier alpha value is -0.930. The van der Waals surface area contributed by atoms with Crippen LogP contribution in [0.1, 0.15) is 0 Å². The maximum atomic E-state index is 12.6. The zero-order chi connectivity index (χ0) is 15.6. The van der Waals surface area contributed by atoms with E-state index in [-0.39, 0.29) is 0 Å². The second-order valence-corrected chi connectivity index (χ2v) is 7.57. The van der Waals surface area contributed by atoms with Crippen LogP contribution in [-0.2, 0) is 14.9 Å². The standard InChI is InChI=1S/C13H19ClN4O3S/c14-12-11-15-2-1-13(12)16-3-5-17(6-4-16)22(19,20)18-7-9-21-10-8-18/h1-2,11H,3-10H2. The summed E-state index contributed by atoms with van der Waals surface area (Å²) in [7, 11) is -3.39. The number of hydrogen-bond acceptors (Lipinski definition) is 5. The molecule has 0 unspecified atom stereocenters. The van der Waals surface area contributed by atoms with Gasteiger partial charge in [0.25, 0.3) is 10.2 Å². The van der Waals surface area contributed by atoms with Gasteiger partial charge < -0.3 is 9.64 Å². The van der Waals surface area contributed by atoms with Crippen molar-refractivity contribution in [2.45, 2.75) is 0 Å². The minimum absolute atomic E-state index is 0.429. The summed E-state index contributed by atoms with van der Waals surface area (Å²) in [6.45, 7) is 3.94. The van der Waals surface area contributed by atoms with Crippen LogP contribution in [0, 0.1) is 0 Å². The van der Waals surface area contributed by atoms with Gasteiger partial charge in [-0.1, -0.05) is 11.6 Å². The van der Waals surface area contributed by atoms with Crippen molar-refractivity contribution in [3.8, 4) is 0 Å². The summed E-state index contributed by atoms with van der Waals surface area (Å²) >= 11 is 6.15. The Morgan fingerprint density at radius 2 is 1.68 bits per heavy atom. The molecule has 9 heteroatoms. The number of morpholine rings is 1. The molecule has 0 radical (unpaired) electrons. The molecule has 1 aromatic heterocycles. The molecule has 122 valence electrons. The van der Waals surface area contributed by atoms with Crippen molar-refractivity contribution in [1.82, 2.24) is 13.6 Å². The van der Waals surface area contributed by atoms with Crippen LogP contribution in [0.3, 0.4) is 0 Å². The van der Waals surface area contributed by atoms with E-state index in [1.807, 2.05) is 6.07 Å². The molecule has 0 spiro atoms. The molecule has 0 bridgehead atoms. The number of piperazine rings is 1. The summed E-state index contributed by atoms with van der Waals surface area (Å²) in [5, 5.41) is 0.590. The molecule has 0 aromatic carbocycles. The van der Waals surface area contributed by atoms with Crippen molar-refractivity contribution in [3.63, 3.8) is 0 Å². The first-order valence-electron chi connectivity index (χ1n) is 7.26. The van der Waals surface area contributed by atoms with Crippen molar-refractivity contribution < 1.29 is 13.2 Å². The Balaban J connectivity index is 1.65. The molecule has 2 aliphatic rings. The van der Waals surface area contributed by atoms with Crippen molar-refractivity contribution in [2.24, 2.45) is 0 Å². The molecular formula is C13H19ClN4O3S. The highest BCUT2D eigenvalue weighted by atomic mass is 35.5. The lowest BCUT2D eigenvalue weighted by molar-refractivity contribution is 0.0700. The fourth-order valence-electron chi connectivity index (χ4n) is 2.72. The Bertz CT molecular complexity index is 613. The molecule has 2 aliphatic heterocycles. The summed E-state index contributed by atoms with van der Waals surface area (Å²) in [5.41, 5.74) is 0.903. The molecule has 7 nitrogen and oxygen atoms in total. The van der Waals surface area contributed by atoms with Crippen LogP contribution >= 0.6 is 11.6 Å². The normalized spacial score (nSPS) is 22.0. The fraction of sp³-hybridized carbons (Fsp3) is 0.615. The van der Waals surface area contributed by atoms with Crippen LogP contribution in [0.2, 0.25) is 5.02 Å². The van der Waals surface area contributed by atoms with Crippen molar-refractivity contribution in [3.05, 3.63) is 23.5 Å². The number of hydrogen-bond donors (Lipinski definition) is 0. The van der Waals surface area contributed by atoms with Crippen molar-refractivity contribution in [1.29, 1.82) is 0 Å². The van der Waals surface area contributed by atoms with E-state index in [2.05, 4.69) is 9.88 Å². The SMILES string of the molecule is O=S(=O)(N1CCOCC1)N1CCN(c2ccncc2Cl)CC1. The number of anilines is 1. The van der Waals surface area contributed by atoms with Gasteiger partial charge in [-0.25, -0.2) is 0 Å². The quantitative estimate of drug-likeness (QED) is 0.794. The Morgan fingerprint density at radius 1 is 1.05 bits per heavy atom. The number of halogens is 1. The van der Waals surface area contributed by atoms with Crippen molar-refractivity contribution >= 4 is 27.5 Å². The minimum Gasteiger partial charge on any atom is -0.379 e. The van der Waals surface area contributed by atoms with Gasteiger partial charge in [0.15, 0.2) is 0 Å². The molecule has 3 rings (SSSR count). The lowest BCUT2D eigenvalue weighted by Gasteiger charge is -2.38. The molecule has 0 saturated carbocycles. The fourth-order valence-corrected chi connectivity index (χ4v) is 4.53. The maximum absolute atomic E-state index is 12.6. The van der Waals surface area contributed by atoms with E-state index in [1.165, 1.54) is 4.31 Å². The third kappa shape index (κ3) is 3.21. The minimum atomic E-state index is -3.39. The van der Waals surface area contributed by atoms with E-state index in [1.54, 1.807) is 16.7 Å². The summed E-state index contributed by atoms with van der Waals surface area (Å²) in [4.78, 5) is 6.06. The van der Waals surface area contributed by atoms with Gasteiger partial charge in [-0.3, -0.25) is 4.98 Å². The van der Waals surface area contributed by atoms with Crippen LogP contribution in [-0.4, -0.2) is 74.5 Å². The highest BCUT2D eigenvalue weighted by molar-refractivity contribution is 7.86. The topological polar surface area (TPSA) is 66.0 Å². The molecule has 3 heterocycles. The van der Waals surface area contributed by atoms with Gasteiger partial charge in [-0.2, -0.15) is 17.0 Å². The second-order valence-electron chi connectivity index (χ2n) is 5.23. The molecule has 2 fully saturated rings. The maximum Gasteiger partial charge on any atom is 0.282 e. The lowest BCUT2D eigenvalue weighted by atomic mass is 10.3. The van der Waals surface area contributed by atoms with Gasteiger partial charge in [0.05, 0.1) is 23.9 Å². The lowest BCUT2D eigenvalue weighted by Crippen LogP contribution is -2.55. The molecule has 0 amide bonds. The Labute approximate surface area is 135 Å². The second kappa shape index (κ2) is 6.67. The van der Waals surface area contributed by atoms with Gasteiger partial charge in [0.2, 0.25) is 0 Å². The van der Waals surface area contributed by atoms with Crippen LogP contribution in [0.5, 0.6) is 0 Å². The van der Waals surface area contributed by atoms with E-state index in [0.717, 1.165) is 5.69 Å². The van der Waals surface area contributed by atoms with Crippen LogP contribution in [0.4, 0.5) is 5.69 Å². The molecule has 2 saturated heterocycles. The van der Waals surface area contributed by atoms with Gasteiger partial charge in [0.1, 0.15) is 0 Å². The zero-order valence-corrected chi connectivity index (χ0v) is 13.8. The largest absolute Gasteiger partial charge is 0.379 e. The molecule has 0 N–H and O–H groups in total. The van der Waals surface area contributed by atoms with Gasteiger partial charge in [0, 0.05) is 51.7 Å². The molecule has 0 atom stereocenters. The van der Waals surface area contributed by atoms with E-state index in [4.69, 9.17) is 16.3 Å². The monoisotopic (exact) mass is 346 g/mol. The van der Waals surface area contributed by atoms with E-state index < -0.39 is 10.2 Å². The molecule has 22 heavy (non-hydrogen) atoms.